The van der Waals surface area contributed by atoms with E-state index in [4.69, 9.17) is 5.11 Å². The third-order valence-corrected chi connectivity index (χ3v) is 3.18. The second-order valence-corrected chi connectivity index (χ2v) is 4.70. The summed E-state index contributed by atoms with van der Waals surface area (Å²) in [6.45, 7) is 3.45. The van der Waals surface area contributed by atoms with Crippen molar-refractivity contribution in [2.75, 3.05) is 13.7 Å². The monoisotopic (exact) mass is 280 g/mol. The zero-order chi connectivity index (χ0) is 15.3. The summed E-state index contributed by atoms with van der Waals surface area (Å²) in [5.41, 5.74) is 3.30. The fraction of sp³-hybridized carbons (Fsp3) is 0.429. The summed E-state index contributed by atoms with van der Waals surface area (Å²) in [5, 5.41) is 22.7. The minimum absolute atomic E-state index is 0.162. The molecular weight excluding hydrogens is 260 g/mol. The van der Waals surface area contributed by atoms with Gasteiger partial charge >= 0.3 is 6.09 Å². The molecule has 6 heteroatoms. The van der Waals surface area contributed by atoms with Crippen molar-refractivity contribution in [3.63, 3.8) is 0 Å². The van der Waals surface area contributed by atoms with Gasteiger partial charge in [0.1, 0.15) is 0 Å². The van der Waals surface area contributed by atoms with Crippen LogP contribution >= 0.6 is 0 Å². The van der Waals surface area contributed by atoms with Crippen LogP contribution in [0.3, 0.4) is 0 Å². The Balaban J connectivity index is 3.01. The fourth-order valence-corrected chi connectivity index (χ4v) is 2.17. The maximum absolute atomic E-state index is 11.6. The number of carbonyl (C=O) groups is 2. The molecule has 20 heavy (non-hydrogen) atoms. The highest BCUT2D eigenvalue weighted by Crippen LogP contribution is 2.18. The molecule has 0 radical (unpaired) electrons. The Labute approximate surface area is 117 Å². The Morgan fingerprint density at radius 3 is 2.20 bits per heavy atom. The van der Waals surface area contributed by atoms with E-state index in [0.29, 0.717) is 12.0 Å². The largest absolute Gasteiger partial charge is 0.465 e. The number of carboxylic acid groups (broad SMARTS) is 1. The number of hydrogen-bond donors (Lipinski definition) is 4. The second-order valence-electron chi connectivity index (χ2n) is 4.70. The lowest BCUT2D eigenvalue weighted by atomic mass is 9.94. The molecule has 4 N–H and O–H groups in total. The van der Waals surface area contributed by atoms with Crippen LogP contribution in [0.5, 0.6) is 0 Å². The molecule has 0 saturated heterocycles. The molecule has 0 fully saturated rings. The molecule has 0 aliphatic rings. The summed E-state index contributed by atoms with van der Waals surface area (Å²) < 4.78 is 0. The van der Waals surface area contributed by atoms with E-state index >= 15 is 0 Å². The van der Waals surface area contributed by atoms with Gasteiger partial charge < -0.3 is 20.8 Å². The highest BCUT2D eigenvalue weighted by molar-refractivity contribution is 5.94. The summed E-state index contributed by atoms with van der Waals surface area (Å²) >= 11 is 0. The SMILES string of the molecule is CNC(=O)c1cc(C)c(CC(CO)NC(=O)O)c(C)c1. The maximum Gasteiger partial charge on any atom is 0.404 e. The van der Waals surface area contributed by atoms with Gasteiger partial charge in [0.05, 0.1) is 12.6 Å². The molecule has 0 aliphatic heterocycles. The van der Waals surface area contributed by atoms with E-state index in [1.165, 1.54) is 0 Å². The molecule has 1 unspecified atom stereocenters. The zero-order valence-electron chi connectivity index (χ0n) is 11.9. The summed E-state index contributed by atoms with van der Waals surface area (Å²) in [5.74, 6) is -0.162. The number of hydrogen-bond acceptors (Lipinski definition) is 3. The first-order valence-electron chi connectivity index (χ1n) is 6.31. The maximum atomic E-state index is 11.6. The van der Waals surface area contributed by atoms with E-state index < -0.39 is 12.1 Å². The number of carbonyl (C=O) groups excluding carboxylic acids is 1. The van der Waals surface area contributed by atoms with Crippen molar-refractivity contribution < 1.29 is 19.8 Å². The van der Waals surface area contributed by atoms with Gasteiger partial charge in [-0.15, -0.1) is 0 Å². The van der Waals surface area contributed by atoms with Crippen molar-refractivity contribution in [3.8, 4) is 0 Å². The van der Waals surface area contributed by atoms with Crippen LogP contribution in [0, 0.1) is 13.8 Å². The number of aliphatic hydroxyl groups is 1. The first-order chi connectivity index (χ1) is 9.38. The van der Waals surface area contributed by atoms with Crippen LogP contribution in [-0.4, -0.2) is 41.9 Å². The molecule has 0 saturated carbocycles. The van der Waals surface area contributed by atoms with Crippen molar-refractivity contribution in [2.45, 2.75) is 26.3 Å². The van der Waals surface area contributed by atoms with Gasteiger partial charge in [0.2, 0.25) is 0 Å². The van der Waals surface area contributed by atoms with Crippen LogP contribution in [0.15, 0.2) is 12.1 Å². The molecule has 110 valence electrons. The third-order valence-electron chi connectivity index (χ3n) is 3.18. The predicted octanol–water partition coefficient (Wildman–Crippen LogP) is 0.834. The van der Waals surface area contributed by atoms with Crippen LogP contribution in [0.2, 0.25) is 0 Å². The molecule has 1 aromatic carbocycles. The number of benzene rings is 1. The van der Waals surface area contributed by atoms with Crippen LogP contribution < -0.4 is 10.6 Å². The lowest BCUT2D eigenvalue weighted by Crippen LogP contribution is -2.38. The van der Waals surface area contributed by atoms with Crippen molar-refractivity contribution in [1.29, 1.82) is 0 Å². The molecular formula is C14H20N2O4. The van der Waals surface area contributed by atoms with E-state index in [1.54, 1.807) is 19.2 Å². The molecule has 1 aromatic rings. The van der Waals surface area contributed by atoms with E-state index in [0.717, 1.165) is 16.7 Å². The Kier molecular flexibility index (Phi) is 5.52. The van der Waals surface area contributed by atoms with Crippen LogP contribution in [0.25, 0.3) is 0 Å². The highest BCUT2D eigenvalue weighted by Gasteiger charge is 2.16. The number of aryl methyl sites for hydroxylation is 2. The third kappa shape index (κ3) is 3.96. The zero-order valence-corrected chi connectivity index (χ0v) is 11.9. The Morgan fingerprint density at radius 2 is 1.80 bits per heavy atom. The van der Waals surface area contributed by atoms with Gasteiger partial charge in [-0.3, -0.25) is 4.79 Å². The number of nitrogens with one attached hydrogen (secondary N) is 2. The highest BCUT2D eigenvalue weighted by atomic mass is 16.4. The van der Waals surface area contributed by atoms with Gasteiger partial charge in [-0.25, -0.2) is 4.79 Å². The Morgan fingerprint density at radius 1 is 1.25 bits per heavy atom. The van der Waals surface area contributed by atoms with Gasteiger partial charge in [-0.05, 0) is 49.1 Å². The summed E-state index contributed by atoms with van der Waals surface area (Å²) in [4.78, 5) is 22.2. The van der Waals surface area contributed by atoms with E-state index in [9.17, 15) is 14.7 Å². The van der Waals surface area contributed by atoms with Gasteiger partial charge in [0, 0.05) is 12.6 Å². The molecule has 0 heterocycles. The Bertz CT molecular complexity index is 491. The fourth-order valence-electron chi connectivity index (χ4n) is 2.17. The first-order valence-corrected chi connectivity index (χ1v) is 6.31. The predicted molar refractivity (Wildman–Crippen MR) is 75.0 cm³/mol. The van der Waals surface area contributed by atoms with Gasteiger partial charge in [-0.1, -0.05) is 0 Å². The van der Waals surface area contributed by atoms with Crippen LogP contribution in [0.4, 0.5) is 4.79 Å². The topological polar surface area (TPSA) is 98.7 Å². The normalized spacial score (nSPS) is 11.8. The number of aliphatic hydroxyl groups excluding tert-OH is 1. The molecule has 1 atom stereocenters. The van der Waals surface area contributed by atoms with Gasteiger partial charge in [-0.2, -0.15) is 0 Å². The van der Waals surface area contributed by atoms with Crippen molar-refractivity contribution in [1.82, 2.24) is 10.6 Å². The molecule has 0 aromatic heterocycles. The molecule has 2 amide bonds. The van der Waals surface area contributed by atoms with E-state index in [-0.39, 0.29) is 12.5 Å². The molecule has 0 spiro atoms. The van der Waals surface area contributed by atoms with Crippen LogP contribution in [0.1, 0.15) is 27.0 Å². The standard InChI is InChI=1S/C14H20N2O4/c1-8-4-10(13(18)15-3)5-9(2)12(8)6-11(7-17)16-14(19)20/h4-5,11,16-17H,6-7H2,1-3H3,(H,15,18)(H,19,20). The Hall–Kier alpha value is -2.08. The average molecular weight is 280 g/mol. The van der Waals surface area contributed by atoms with E-state index in [2.05, 4.69) is 10.6 Å². The second kappa shape index (κ2) is 6.91. The van der Waals surface area contributed by atoms with Crippen LogP contribution in [-0.2, 0) is 6.42 Å². The molecule has 1 rings (SSSR count). The molecule has 0 bridgehead atoms. The van der Waals surface area contributed by atoms with Gasteiger partial charge in [0.25, 0.3) is 5.91 Å². The summed E-state index contributed by atoms with van der Waals surface area (Å²) in [6, 6.07) is 2.96. The summed E-state index contributed by atoms with van der Waals surface area (Å²) in [7, 11) is 1.57. The molecule has 0 aliphatic carbocycles. The lowest BCUT2D eigenvalue weighted by molar-refractivity contribution is 0.0963. The average Bonchev–Trinajstić information content (AvgIpc) is 2.39. The number of amides is 2. The smallest absolute Gasteiger partial charge is 0.404 e. The van der Waals surface area contributed by atoms with E-state index in [1.807, 2.05) is 13.8 Å². The minimum Gasteiger partial charge on any atom is -0.465 e. The quantitative estimate of drug-likeness (QED) is 0.642. The number of rotatable bonds is 5. The minimum atomic E-state index is -1.17. The van der Waals surface area contributed by atoms with Gasteiger partial charge in [0.15, 0.2) is 0 Å². The lowest BCUT2D eigenvalue weighted by Gasteiger charge is -2.18. The first kappa shape index (κ1) is 16.0. The van der Waals surface area contributed by atoms with Crippen molar-refractivity contribution in [3.05, 3.63) is 34.4 Å². The molecule has 6 nitrogen and oxygen atoms in total. The van der Waals surface area contributed by atoms with Crippen molar-refractivity contribution in [2.24, 2.45) is 0 Å². The summed E-state index contributed by atoms with van der Waals surface area (Å²) in [6.07, 6.45) is -0.782. The van der Waals surface area contributed by atoms with Crippen molar-refractivity contribution >= 4 is 12.0 Å².